The molecule has 37 heavy (non-hydrogen) atoms. The summed E-state index contributed by atoms with van der Waals surface area (Å²) in [5, 5.41) is 9.22. The highest BCUT2D eigenvalue weighted by Gasteiger charge is 2.25. The molecule has 0 atom stereocenters. The molecule has 2 fully saturated rings. The first-order valence-corrected chi connectivity index (χ1v) is 15.0. The first-order chi connectivity index (χ1) is 17.9. The molecule has 0 unspecified atom stereocenters. The average molecular weight is 530 g/mol. The molecule has 0 amide bonds. The highest BCUT2D eigenvalue weighted by Crippen LogP contribution is 2.27. The van der Waals surface area contributed by atoms with E-state index >= 15 is 0 Å². The van der Waals surface area contributed by atoms with E-state index in [1.807, 2.05) is 30.6 Å². The summed E-state index contributed by atoms with van der Waals surface area (Å²) in [6, 6.07) is 6.28. The lowest BCUT2D eigenvalue weighted by Crippen LogP contribution is -2.47. The molecule has 1 aromatic carbocycles. The summed E-state index contributed by atoms with van der Waals surface area (Å²) in [6.07, 6.45) is 12.5. The standard InChI is InChI=1S/C27H39N5O4S/c1-3-22-19-28-27(29-20-22)31-11-9-25(10-12-31)36-26-8-7-23(18-24(26)6-4-5-17-33)21-30-13-15-32(16-14-30)37(2,34)35/h4,6-8,18-20,25,33H,3,5,9-17,21H2,1-2H3/b6-4+. The number of nitrogens with zero attached hydrogens (tertiary/aromatic N) is 5. The molecule has 0 spiro atoms. The molecule has 2 aliphatic rings. The van der Waals surface area contributed by atoms with Crippen molar-refractivity contribution in [3.05, 3.63) is 53.4 Å². The van der Waals surface area contributed by atoms with Crippen LogP contribution in [0.2, 0.25) is 0 Å². The van der Waals surface area contributed by atoms with Crippen molar-refractivity contribution in [2.24, 2.45) is 0 Å². The molecule has 1 N–H and O–H groups in total. The maximum atomic E-state index is 11.8. The van der Waals surface area contributed by atoms with E-state index in [2.05, 4.69) is 38.8 Å². The second-order valence-electron chi connectivity index (χ2n) is 9.77. The van der Waals surface area contributed by atoms with Gasteiger partial charge in [0.1, 0.15) is 11.9 Å². The summed E-state index contributed by atoms with van der Waals surface area (Å²) in [7, 11) is -3.13. The van der Waals surface area contributed by atoms with E-state index in [4.69, 9.17) is 4.74 Å². The smallest absolute Gasteiger partial charge is 0.225 e. The number of piperidine rings is 1. The molecule has 9 nitrogen and oxygen atoms in total. The molecular formula is C27H39N5O4S. The second kappa shape index (κ2) is 12.8. The van der Waals surface area contributed by atoms with Crippen LogP contribution in [0.4, 0.5) is 5.95 Å². The highest BCUT2D eigenvalue weighted by molar-refractivity contribution is 7.88. The number of aromatic nitrogens is 2. The normalized spacial score (nSPS) is 18.5. The molecule has 4 rings (SSSR count). The molecule has 1 aromatic heterocycles. The van der Waals surface area contributed by atoms with Crippen molar-refractivity contribution in [1.82, 2.24) is 19.2 Å². The van der Waals surface area contributed by atoms with Crippen LogP contribution in [0.25, 0.3) is 6.08 Å². The van der Waals surface area contributed by atoms with Gasteiger partial charge < -0.3 is 14.7 Å². The minimum atomic E-state index is -3.13. The molecule has 0 saturated carbocycles. The molecule has 202 valence electrons. The van der Waals surface area contributed by atoms with Crippen molar-refractivity contribution >= 4 is 22.0 Å². The fraction of sp³-hybridized carbons (Fsp3) is 0.556. The van der Waals surface area contributed by atoms with Crippen LogP contribution < -0.4 is 9.64 Å². The van der Waals surface area contributed by atoms with E-state index in [9.17, 15) is 13.5 Å². The van der Waals surface area contributed by atoms with Crippen LogP contribution >= 0.6 is 0 Å². The third kappa shape index (κ3) is 7.73. The van der Waals surface area contributed by atoms with Gasteiger partial charge in [0, 0.05) is 83.2 Å². The quantitative estimate of drug-likeness (QED) is 0.502. The summed E-state index contributed by atoms with van der Waals surface area (Å²) in [6.45, 7) is 7.14. The van der Waals surface area contributed by atoms with Crippen molar-refractivity contribution in [1.29, 1.82) is 0 Å². The van der Waals surface area contributed by atoms with Gasteiger partial charge in [-0.05, 0) is 36.1 Å². The largest absolute Gasteiger partial charge is 0.490 e. The molecular weight excluding hydrogens is 490 g/mol. The van der Waals surface area contributed by atoms with Gasteiger partial charge in [-0.25, -0.2) is 18.4 Å². The second-order valence-corrected chi connectivity index (χ2v) is 11.8. The minimum Gasteiger partial charge on any atom is -0.490 e. The van der Waals surface area contributed by atoms with Gasteiger partial charge in [-0.2, -0.15) is 4.31 Å². The highest BCUT2D eigenvalue weighted by atomic mass is 32.2. The van der Waals surface area contributed by atoms with Crippen molar-refractivity contribution in [3.8, 4) is 5.75 Å². The third-order valence-corrected chi connectivity index (χ3v) is 8.30. The van der Waals surface area contributed by atoms with Crippen molar-refractivity contribution in [3.63, 3.8) is 0 Å². The molecule has 10 heteroatoms. The van der Waals surface area contributed by atoms with Gasteiger partial charge >= 0.3 is 0 Å². The summed E-state index contributed by atoms with van der Waals surface area (Å²) in [5.74, 6) is 1.63. The SMILES string of the molecule is CCc1cnc(N2CCC(Oc3ccc(CN4CCN(S(C)(=O)=O)CC4)cc3/C=C/CCO)CC2)nc1. The number of rotatable bonds is 10. The summed E-state index contributed by atoms with van der Waals surface area (Å²) >= 11 is 0. The molecule has 2 saturated heterocycles. The zero-order valence-corrected chi connectivity index (χ0v) is 22.7. The molecule has 0 radical (unpaired) electrons. The van der Waals surface area contributed by atoms with Crippen LogP contribution in [-0.2, 0) is 23.0 Å². The Morgan fingerprint density at radius 1 is 1.05 bits per heavy atom. The predicted octanol–water partition coefficient (Wildman–Crippen LogP) is 2.56. The van der Waals surface area contributed by atoms with Gasteiger partial charge in [0.2, 0.25) is 16.0 Å². The van der Waals surface area contributed by atoms with E-state index in [-0.39, 0.29) is 12.7 Å². The number of benzene rings is 1. The molecule has 2 aromatic rings. The van der Waals surface area contributed by atoms with Crippen LogP contribution in [0.5, 0.6) is 5.75 Å². The number of hydrogen-bond acceptors (Lipinski definition) is 8. The first kappa shape index (κ1) is 27.5. The molecule has 3 heterocycles. The minimum absolute atomic E-state index is 0.108. The predicted molar refractivity (Wildman–Crippen MR) is 146 cm³/mol. The van der Waals surface area contributed by atoms with Crippen LogP contribution in [0.1, 0.15) is 42.9 Å². The van der Waals surface area contributed by atoms with Crippen molar-refractivity contribution < 1.29 is 18.3 Å². The average Bonchev–Trinajstić information content (AvgIpc) is 2.90. The van der Waals surface area contributed by atoms with Gasteiger partial charge in [0.05, 0.1) is 6.26 Å². The number of hydrogen-bond donors (Lipinski definition) is 1. The fourth-order valence-corrected chi connectivity index (χ4v) is 5.57. The Morgan fingerprint density at radius 3 is 2.38 bits per heavy atom. The fourth-order valence-electron chi connectivity index (χ4n) is 4.74. The summed E-state index contributed by atoms with van der Waals surface area (Å²) < 4.78 is 31.6. The number of aliphatic hydroxyl groups is 1. The van der Waals surface area contributed by atoms with Crippen LogP contribution in [0.3, 0.4) is 0 Å². The summed E-state index contributed by atoms with van der Waals surface area (Å²) in [4.78, 5) is 13.5. The zero-order valence-electron chi connectivity index (χ0n) is 21.9. The van der Waals surface area contributed by atoms with Crippen molar-refractivity contribution in [2.75, 3.05) is 57.0 Å². The lowest BCUT2D eigenvalue weighted by Gasteiger charge is -2.33. The number of ether oxygens (including phenoxy) is 1. The number of aryl methyl sites for hydroxylation is 1. The Bertz CT molecular complexity index is 1140. The Labute approximate surface area is 220 Å². The Morgan fingerprint density at radius 2 is 1.76 bits per heavy atom. The molecule has 0 aliphatic carbocycles. The van der Waals surface area contributed by atoms with Gasteiger partial charge in [0.15, 0.2) is 0 Å². The monoisotopic (exact) mass is 529 g/mol. The van der Waals surface area contributed by atoms with Gasteiger partial charge in [-0.3, -0.25) is 4.90 Å². The van der Waals surface area contributed by atoms with E-state index in [0.717, 1.165) is 67.3 Å². The maximum absolute atomic E-state index is 11.8. The van der Waals surface area contributed by atoms with Crippen LogP contribution in [-0.4, -0.2) is 90.9 Å². The number of sulfonamides is 1. The van der Waals surface area contributed by atoms with Gasteiger partial charge in [0.25, 0.3) is 0 Å². The Balaban J connectivity index is 1.37. The summed E-state index contributed by atoms with van der Waals surface area (Å²) in [5.41, 5.74) is 3.30. The van der Waals surface area contributed by atoms with Crippen LogP contribution in [0, 0.1) is 0 Å². The lowest BCUT2D eigenvalue weighted by molar-refractivity contribution is 0.169. The Kier molecular flexibility index (Phi) is 9.53. The third-order valence-electron chi connectivity index (χ3n) is 6.99. The number of aliphatic hydroxyl groups excluding tert-OH is 1. The van der Waals surface area contributed by atoms with Gasteiger partial charge in [-0.1, -0.05) is 25.1 Å². The number of anilines is 1. The van der Waals surface area contributed by atoms with Crippen LogP contribution in [0.15, 0.2) is 36.7 Å². The number of piperazine rings is 1. The maximum Gasteiger partial charge on any atom is 0.225 e. The lowest BCUT2D eigenvalue weighted by atomic mass is 10.1. The molecule has 0 bridgehead atoms. The van der Waals surface area contributed by atoms with E-state index < -0.39 is 10.0 Å². The zero-order chi connectivity index (χ0) is 26.3. The topological polar surface area (TPSA) is 99.1 Å². The van der Waals surface area contributed by atoms with E-state index in [0.29, 0.717) is 32.6 Å². The van der Waals surface area contributed by atoms with E-state index in [1.165, 1.54) is 6.26 Å². The van der Waals surface area contributed by atoms with Crippen molar-refractivity contribution in [2.45, 2.75) is 45.3 Å². The first-order valence-electron chi connectivity index (χ1n) is 13.2. The van der Waals surface area contributed by atoms with E-state index in [1.54, 1.807) is 4.31 Å². The Hall–Kier alpha value is -2.53. The van der Waals surface area contributed by atoms with Gasteiger partial charge in [-0.15, -0.1) is 0 Å². The molecule has 2 aliphatic heterocycles.